The van der Waals surface area contributed by atoms with Crippen molar-refractivity contribution in [3.8, 4) is 0 Å². The summed E-state index contributed by atoms with van der Waals surface area (Å²) in [6.45, 7) is 9.44. The fourth-order valence-corrected chi connectivity index (χ4v) is 3.26. The molecule has 18 heavy (non-hydrogen) atoms. The third kappa shape index (κ3) is 2.86. The fourth-order valence-electron chi connectivity index (χ4n) is 3.26. The summed E-state index contributed by atoms with van der Waals surface area (Å²) >= 11 is 0. The molecule has 1 saturated carbocycles. The lowest BCUT2D eigenvalue weighted by Crippen LogP contribution is -2.64. The molecule has 2 atom stereocenters. The Balaban J connectivity index is 2.10. The minimum absolute atomic E-state index is 0.168. The quantitative estimate of drug-likeness (QED) is 0.741. The molecule has 2 unspecified atom stereocenters. The zero-order chi connectivity index (χ0) is 13.3. The molecule has 0 bridgehead atoms. The Morgan fingerprint density at radius 3 is 2.50 bits per heavy atom. The first-order chi connectivity index (χ1) is 8.44. The van der Waals surface area contributed by atoms with Gasteiger partial charge in [0.05, 0.1) is 0 Å². The van der Waals surface area contributed by atoms with Crippen molar-refractivity contribution >= 4 is 5.91 Å². The second-order valence-electron chi connectivity index (χ2n) is 6.54. The third-order valence-corrected chi connectivity index (χ3v) is 4.24. The van der Waals surface area contributed by atoms with E-state index >= 15 is 0 Å². The van der Waals surface area contributed by atoms with Crippen molar-refractivity contribution in [2.75, 3.05) is 19.6 Å². The van der Waals surface area contributed by atoms with Crippen LogP contribution in [0.25, 0.3) is 0 Å². The predicted octanol–water partition coefficient (Wildman–Crippen LogP) is 0.960. The second kappa shape index (κ2) is 5.17. The standard InChI is InChI=1S/C14H27N3O/c1-10(2)16-14(13(15)18,12-4-5-12)9-17-7-6-11(3)8-17/h10-12,16H,4-9H2,1-3H3,(H2,15,18). The van der Waals surface area contributed by atoms with E-state index in [1.165, 1.54) is 6.42 Å². The molecule has 4 heteroatoms. The summed E-state index contributed by atoms with van der Waals surface area (Å²) in [6.07, 6.45) is 3.50. The average molecular weight is 253 g/mol. The van der Waals surface area contributed by atoms with Crippen molar-refractivity contribution in [2.24, 2.45) is 17.6 Å². The highest BCUT2D eigenvalue weighted by Crippen LogP contribution is 2.41. The normalized spacial score (nSPS) is 28.6. The van der Waals surface area contributed by atoms with Gasteiger partial charge in [-0.15, -0.1) is 0 Å². The molecule has 3 N–H and O–H groups in total. The Morgan fingerprint density at radius 2 is 2.11 bits per heavy atom. The molecule has 0 radical (unpaired) electrons. The Morgan fingerprint density at radius 1 is 1.44 bits per heavy atom. The van der Waals surface area contributed by atoms with Crippen LogP contribution in [0.15, 0.2) is 0 Å². The van der Waals surface area contributed by atoms with Crippen LogP contribution in [0, 0.1) is 11.8 Å². The van der Waals surface area contributed by atoms with Crippen molar-refractivity contribution in [1.82, 2.24) is 10.2 Å². The van der Waals surface area contributed by atoms with Gasteiger partial charge in [-0.3, -0.25) is 10.1 Å². The van der Waals surface area contributed by atoms with E-state index in [1.54, 1.807) is 0 Å². The van der Waals surface area contributed by atoms with Crippen LogP contribution in [0.4, 0.5) is 0 Å². The molecule has 1 saturated heterocycles. The minimum Gasteiger partial charge on any atom is -0.368 e. The number of likely N-dealkylation sites (tertiary alicyclic amines) is 1. The molecule has 4 nitrogen and oxygen atoms in total. The summed E-state index contributed by atoms with van der Waals surface area (Å²) < 4.78 is 0. The predicted molar refractivity (Wildman–Crippen MR) is 73.1 cm³/mol. The van der Waals surface area contributed by atoms with Crippen LogP contribution < -0.4 is 11.1 Å². The molecule has 0 aromatic heterocycles. The zero-order valence-corrected chi connectivity index (χ0v) is 11.9. The fraction of sp³-hybridized carbons (Fsp3) is 0.929. The first-order valence-corrected chi connectivity index (χ1v) is 7.24. The van der Waals surface area contributed by atoms with Gasteiger partial charge < -0.3 is 10.6 Å². The molecular formula is C14H27N3O. The molecule has 104 valence electrons. The molecule has 1 heterocycles. The number of carbonyl (C=O) groups excluding carboxylic acids is 1. The van der Waals surface area contributed by atoms with E-state index in [9.17, 15) is 4.79 Å². The van der Waals surface area contributed by atoms with E-state index < -0.39 is 5.54 Å². The maximum atomic E-state index is 12.0. The molecule has 0 aromatic carbocycles. The van der Waals surface area contributed by atoms with Gasteiger partial charge in [0.2, 0.25) is 5.91 Å². The second-order valence-corrected chi connectivity index (χ2v) is 6.54. The Bertz CT molecular complexity index is 314. The van der Waals surface area contributed by atoms with E-state index in [-0.39, 0.29) is 11.9 Å². The number of amides is 1. The summed E-state index contributed by atoms with van der Waals surface area (Å²) in [5.41, 5.74) is 5.24. The molecule has 1 aliphatic carbocycles. The third-order valence-electron chi connectivity index (χ3n) is 4.24. The van der Waals surface area contributed by atoms with Crippen LogP contribution in [-0.4, -0.2) is 42.0 Å². The van der Waals surface area contributed by atoms with E-state index in [0.717, 1.165) is 38.4 Å². The van der Waals surface area contributed by atoms with Gasteiger partial charge in [-0.2, -0.15) is 0 Å². The molecule has 2 aliphatic rings. The van der Waals surface area contributed by atoms with E-state index in [4.69, 9.17) is 5.73 Å². The lowest BCUT2D eigenvalue weighted by Gasteiger charge is -2.37. The van der Waals surface area contributed by atoms with Gasteiger partial charge in [0.15, 0.2) is 0 Å². The number of nitrogens with two attached hydrogens (primary N) is 1. The summed E-state index contributed by atoms with van der Waals surface area (Å²) in [5.74, 6) is 1.01. The van der Waals surface area contributed by atoms with Crippen molar-refractivity contribution in [1.29, 1.82) is 0 Å². The van der Waals surface area contributed by atoms with Crippen molar-refractivity contribution in [2.45, 2.75) is 51.6 Å². The van der Waals surface area contributed by atoms with Crippen LogP contribution in [0.3, 0.4) is 0 Å². The maximum absolute atomic E-state index is 12.0. The maximum Gasteiger partial charge on any atom is 0.239 e. The number of nitrogens with zero attached hydrogens (tertiary/aromatic N) is 1. The Labute approximate surface area is 110 Å². The largest absolute Gasteiger partial charge is 0.368 e. The molecule has 1 aliphatic heterocycles. The number of primary amides is 1. The van der Waals surface area contributed by atoms with Gasteiger partial charge in [0.25, 0.3) is 0 Å². The van der Waals surface area contributed by atoms with Crippen LogP contribution >= 0.6 is 0 Å². The molecule has 2 fully saturated rings. The number of carbonyl (C=O) groups is 1. The smallest absolute Gasteiger partial charge is 0.239 e. The van der Waals surface area contributed by atoms with Crippen molar-refractivity contribution < 1.29 is 4.79 Å². The number of hydrogen-bond donors (Lipinski definition) is 2. The highest BCUT2D eigenvalue weighted by atomic mass is 16.1. The van der Waals surface area contributed by atoms with Gasteiger partial charge in [-0.25, -0.2) is 0 Å². The van der Waals surface area contributed by atoms with Crippen LogP contribution in [-0.2, 0) is 4.79 Å². The lowest BCUT2D eigenvalue weighted by molar-refractivity contribution is -0.126. The highest BCUT2D eigenvalue weighted by molar-refractivity contribution is 5.86. The first-order valence-electron chi connectivity index (χ1n) is 7.24. The lowest BCUT2D eigenvalue weighted by atomic mass is 9.90. The van der Waals surface area contributed by atoms with Gasteiger partial charge >= 0.3 is 0 Å². The van der Waals surface area contributed by atoms with E-state index in [0.29, 0.717) is 5.92 Å². The monoisotopic (exact) mass is 253 g/mol. The molecular weight excluding hydrogens is 226 g/mol. The van der Waals surface area contributed by atoms with Crippen molar-refractivity contribution in [3.05, 3.63) is 0 Å². The van der Waals surface area contributed by atoms with Gasteiger partial charge in [-0.05, 0) is 51.5 Å². The van der Waals surface area contributed by atoms with Crippen LogP contribution in [0.5, 0.6) is 0 Å². The van der Waals surface area contributed by atoms with E-state index in [1.807, 2.05) is 0 Å². The number of hydrogen-bond acceptors (Lipinski definition) is 3. The molecule has 2 rings (SSSR count). The van der Waals surface area contributed by atoms with Crippen LogP contribution in [0.2, 0.25) is 0 Å². The molecule has 1 amide bonds. The Hall–Kier alpha value is -0.610. The van der Waals surface area contributed by atoms with E-state index in [2.05, 4.69) is 31.0 Å². The van der Waals surface area contributed by atoms with Crippen molar-refractivity contribution in [3.63, 3.8) is 0 Å². The minimum atomic E-state index is -0.502. The topological polar surface area (TPSA) is 58.4 Å². The van der Waals surface area contributed by atoms with Gasteiger partial charge in [-0.1, -0.05) is 6.92 Å². The SMILES string of the molecule is CC1CCN(CC(NC(C)C)(C(N)=O)C2CC2)C1. The van der Waals surface area contributed by atoms with Crippen LogP contribution in [0.1, 0.15) is 40.0 Å². The molecule has 0 spiro atoms. The Kier molecular flexibility index (Phi) is 3.97. The summed E-state index contributed by atoms with van der Waals surface area (Å²) in [5, 5.41) is 3.48. The highest BCUT2D eigenvalue weighted by Gasteiger charge is 2.51. The zero-order valence-electron chi connectivity index (χ0n) is 11.9. The number of rotatable bonds is 6. The molecule has 0 aromatic rings. The number of nitrogens with one attached hydrogen (secondary N) is 1. The van der Waals surface area contributed by atoms with Gasteiger partial charge in [0, 0.05) is 19.1 Å². The summed E-state index contributed by atoms with van der Waals surface area (Å²) in [7, 11) is 0. The van der Waals surface area contributed by atoms with Gasteiger partial charge in [0.1, 0.15) is 5.54 Å². The average Bonchev–Trinajstić information content (AvgIpc) is 3.02. The summed E-state index contributed by atoms with van der Waals surface area (Å²) in [4.78, 5) is 14.4. The summed E-state index contributed by atoms with van der Waals surface area (Å²) in [6, 6.07) is 0.290. The first kappa shape index (κ1) is 13.8.